The largest absolute Gasteiger partial charge is 0.508 e. The molecule has 0 spiro atoms. The van der Waals surface area contributed by atoms with Gasteiger partial charge in [-0.2, -0.15) is 5.26 Å². The van der Waals surface area contributed by atoms with Gasteiger partial charge in [0.2, 0.25) is 17.5 Å². The Morgan fingerprint density at radius 3 is 2.62 bits per heavy atom. The SMILES string of the molecule is C[C@]12CC[C@](CC[N+]3=CC(CCO)c4cc(O)ccc43)(O1)[C@@H]1C(=O)N(c3ccc(C#N)c4ccccc34)C(=O)[C@@H]12. The molecule has 3 aromatic rings. The maximum atomic E-state index is 14.2. The van der Waals surface area contributed by atoms with Crippen LogP contribution in [0, 0.1) is 23.2 Å². The number of carbonyl (C=O) groups excluding carboxylic acids is 2. The number of amides is 2. The third kappa shape index (κ3) is 3.34. The van der Waals surface area contributed by atoms with Gasteiger partial charge in [0.25, 0.3) is 0 Å². The van der Waals surface area contributed by atoms with Gasteiger partial charge in [0.05, 0.1) is 46.3 Å². The number of anilines is 1. The number of fused-ring (bicyclic) bond motifs is 7. The highest BCUT2D eigenvalue weighted by Crippen LogP contribution is 2.62. The van der Waals surface area contributed by atoms with Gasteiger partial charge in [-0.15, -0.1) is 0 Å². The maximum absolute atomic E-state index is 14.2. The predicted octanol–water partition coefficient (Wildman–Crippen LogP) is 4.13. The fourth-order valence-corrected chi connectivity index (χ4v) is 7.78. The van der Waals surface area contributed by atoms with Crippen molar-refractivity contribution in [2.45, 2.75) is 49.7 Å². The Hall–Kier alpha value is -4.06. The number of nitrogens with zero attached hydrogens (tertiary/aromatic N) is 3. The van der Waals surface area contributed by atoms with Crippen molar-refractivity contribution in [3.8, 4) is 11.8 Å². The molecule has 202 valence electrons. The summed E-state index contributed by atoms with van der Waals surface area (Å²) in [5.41, 5.74) is 1.49. The van der Waals surface area contributed by atoms with Gasteiger partial charge in [-0.3, -0.25) is 9.59 Å². The highest BCUT2D eigenvalue weighted by atomic mass is 16.5. The zero-order valence-corrected chi connectivity index (χ0v) is 22.2. The zero-order valence-electron chi connectivity index (χ0n) is 22.2. The fraction of sp³-hybridized carbons (Fsp3) is 0.375. The lowest BCUT2D eigenvalue weighted by molar-refractivity contribution is -0.438. The summed E-state index contributed by atoms with van der Waals surface area (Å²) in [6.45, 7) is 2.58. The Bertz CT molecular complexity index is 1670. The molecule has 3 aromatic carbocycles. The van der Waals surface area contributed by atoms with E-state index >= 15 is 0 Å². The van der Waals surface area contributed by atoms with Crippen molar-refractivity contribution in [3.05, 3.63) is 65.7 Å². The topological polar surface area (TPSA) is 114 Å². The molecule has 2 amide bonds. The smallest absolute Gasteiger partial charge is 0.240 e. The molecule has 40 heavy (non-hydrogen) atoms. The quantitative estimate of drug-likeness (QED) is 0.362. The molecule has 2 bridgehead atoms. The van der Waals surface area contributed by atoms with Crippen molar-refractivity contribution < 1.29 is 29.1 Å². The molecule has 4 heterocycles. The first-order valence-electron chi connectivity index (χ1n) is 13.9. The Morgan fingerprint density at radius 1 is 1.07 bits per heavy atom. The molecular weight excluding hydrogens is 506 g/mol. The van der Waals surface area contributed by atoms with E-state index in [0.29, 0.717) is 54.3 Å². The van der Waals surface area contributed by atoms with Crippen LogP contribution in [0.3, 0.4) is 0 Å². The summed E-state index contributed by atoms with van der Waals surface area (Å²) in [5, 5.41) is 30.7. The number of phenolic OH excluding ortho intramolecular Hbond substituents is 1. The van der Waals surface area contributed by atoms with E-state index in [-0.39, 0.29) is 30.1 Å². The first-order valence-corrected chi connectivity index (χ1v) is 13.9. The average molecular weight is 537 g/mol. The van der Waals surface area contributed by atoms with E-state index < -0.39 is 23.0 Å². The van der Waals surface area contributed by atoms with E-state index in [9.17, 15) is 25.1 Å². The van der Waals surface area contributed by atoms with Gasteiger partial charge < -0.3 is 14.9 Å². The first-order chi connectivity index (χ1) is 19.3. The number of hydrogen-bond donors (Lipinski definition) is 2. The molecule has 4 aliphatic heterocycles. The van der Waals surface area contributed by atoms with Crippen LogP contribution in [0.15, 0.2) is 54.6 Å². The van der Waals surface area contributed by atoms with Gasteiger partial charge in [-0.05, 0) is 50.5 Å². The van der Waals surface area contributed by atoms with Gasteiger partial charge in [0.15, 0.2) is 12.8 Å². The number of aliphatic hydroxyl groups is 1. The highest BCUT2D eigenvalue weighted by Gasteiger charge is 2.74. The summed E-state index contributed by atoms with van der Waals surface area (Å²) in [6, 6.07) is 18.3. The third-order valence-corrected chi connectivity index (χ3v) is 9.57. The second-order valence-electron chi connectivity index (χ2n) is 11.7. The van der Waals surface area contributed by atoms with Crippen LogP contribution < -0.4 is 4.90 Å². The maximum Gasteiger partial charge on any atom is 0.240 e. The number of carbonyl (C=O) groups is 2. The molecule has 8 nitrogen and oxygen atoms in total. The van der Waals surface area contributed by atoms with Crippen LogP contribution >= 0.6 is 0 Å². The third-order valence-electron chi connectivity index (χ3n) is 9.57. The molecule has 2 N–H and O–H groups in total. The van der Waals surface area contributed by atoms with Crippen LogP contribution in [0.5, 0.6) is 5.75 Å². The number of rotatable bonds is 6. The Morgan fingerprint density at radius 2 is 1.85 bits per heavy atom. The lowest BCUT2D eigenvalue weighted by Crippen LogP contribution is -2.43. The van der Waals surface area contributed by atoms with Crippen molar-refractivity contribution in [3.63, 3.8) is 0 Å². The number of aliphatic hydroxyl groups excluding tert-OH is 1. The first kappa shape index (κ1) is 24.9. The van der Waals surface area contributed by atoms with E-state index in [0.717, 1.165) is 11.3 Å². The molecule has 0 aliphatic carbocycles. The van der Waals surface area contributed by atoms with Gasteiger partial charge >= 0.3 is 0 Å². The minimum Gasteiger partial charge on any atom is -0.508 e. The molecule has 3 saturated heterocycles. The zero-order chi connectivity index (χ0) is 27.8. The second-order valence-corrected chi connectivity index (χ2v) is 11.7. The van der Waals surface area contributed by atoms with Crippen molar-refractivity contribution in [1.29, 1.82) is 5.26 Å². The normalized spacial score (nSPS) is 30.1. The molecule has 8 heteroatoms. The fourth-order valence-electron chi connectivity index (χ4n) is 7.78. The summed E-state index contributed by atoms with van der Waals surface area (Å²) in [4.78, 5) is 29.5. The van der Waals surface area contributed by atoms with E-state index in [4.69, 9.17) is 4.74 Å². The van der Waals surface area contributed by atoms with E-state index in [1.807, 2.05) is 37.3 Å². The second kappa shape index (κ2) is 8.72. The van der Waals surface area contributed by atoms with Crippen LogP contribution in [-0.2, 0) is 14.3 Å². The number of imide groups is 1. The number of aromatic hydroxyl groups is 1. The number of phenols is 1. The molecule has 7 rings (SSSR count). The predicted molar refractivity (Wildman–Crippen MR) is 148 cm³/mol. The van der Waals surface area contributed by atoms with E-state index in [1.54, 1.807) is 24.3 Å². The van der Waals surface area contributed by atoms with Crippen LogP contribution in [0.2, 0.25) is 0 Å². The molecule has 0 saturated carbocycles. The van der Waals surface area contributed by atoms with Crippen LogP contribution in [0.4, 0.5) is 11.4 Å². The van der Waals surface area contributed by atoms with Crippen molar-refractivity contribution in [2.75, 3.05) is 18.1 Å². The number of benzene rings is 3. The molecule has 4 aliphatic rings. The Balaban J connectivity index is 1.23. The van der Waals surface area contributed by atoms with Crippen molar-refractivity contribution in [1.82, 2.24) is 0 Å². The number of ether oxygens (including phenoxy) is 1. The number of nitriles is 1. The Labute approximate surface area is 231 Å². The van der Waals surface area contributed by atoms with Crippen LogP contribution in [0.1, 0.15) is 49.7 Å². The van der Waals surface area contributed by atoms with Gasteiger partial charge in [-0.1, -0.05) is 24.3 Å². The molecule has 1 unspecified atom stereocenters. The standard InChI is InChI=1S/C32H29N3O5/c1-31-11-12-32(40-31,13-14-34-18-20(10-15-36)24-16-21(37)7-9-25(24)34)28-27(31)29(38)35(30(28)39)26-8-6-19(17-33)22-4-2-3-5-23(22)26/h2-9,16,18,20,27-28,36H,10-15H2,1H3/p+1/t20?,27-,28+,31-,32-/m1/s1. The number of hydrogen-bond acceptors (Lipinski definition) is 6. The highest BCUT2D eigenvalue weighted by molar-refractivity contribution is 6.26. The van der Waals surface area contributed by atoms with E-state index in [1.165, 1.54) is 4.90 Å². The van der Waals surface area contributed by atoms with Gasteiger partial charge in [-0.25, -0.2) is 9.48 Å². The molecule has 0 radical (unpaired) electrons. The summed E-state index contributed by atoms with van der Waals surface area (Å²) >= 11 is 0. The molecule has 5 atom stereocenters. The van der Waals surface area contributed by atoms with E-state index in [2.05, 4.69) is 16.9 Å². The minimum absolute atomic E-state index is 0.00876. The lowest BCUT2D eigenvalue weighted by atomic mass is 9.67. The summed E-state index contributed by atoms with van der Waals surface area (Å²) in [6.07, 6.45) is 4.60. The summed E-state index contributed by atoms with van der Waals surface area (Å²) < 4.78 is 8.80. The monoisotopic (exact) mass is 536 g/mol. The van der Waals surface area contributed by atoms with Crippen molar-refractivity contribution >= 4 is 40.2 Å². The molecular formula is C32H30N3O5+. The van der Waals surface area contributed by atoms with Gasteiger partial charge in [0, 0.05) is 35.4 Å². The summed E-state index contributed by atoms with van der Waals surface area (Å²) in [5.74, 6) is -1.42. The average Bonchev–Trinajstić information content (AvgIpc) is 3.64. The lowest BCUT2D eigenvalue weighted by Gasteiger charge is -2.30. The van der Waals surface area contributed by atoms with Crippen LogP contribution in [0.25, 0.3) is 10.8 Å². The van der Waals surface area contributed by atoms with Crippen molar-refractivity contribution in [2.24, 2.45) is 11.8 Å². The van der Waals surface area contributed by atoms with Crippen LogP contribution in [-0.4, -0.2) is 57.2 Å². The minimum atomic E-state index is -0.761. The molecule has 0 aromatic heterocycles. The Kier molecular flexibility index (Phi) is 5.44. The molecule has 3 fully saturated rings. The van der Waals surface area contributed by atoms with Gasteiger partial charge in [0.1, 0.15) is 5.75 Å². The summed E-state index contributed by atoms with van der Waals surface area (Å²) in [7, 11) is 0.